The van der Waals surface area contributed by atoms with Crippen LogP contribution in [0.1, 0.15) is 30.3 Å². The highest BCUT2D eigenvalue weighted by molar-refractivity contribution is 5.76. The summed E-state index contributed by atoms with van der Waals surface area (Å²) < 4.78 is 3.53. The van der Waals surface area contributed by atoms with Crippen LogP contribution in [0.5, 0.6) is 0 Å². The van der Waals surface area contributed by atoms with Gasteiger partial charge in [0.1, 0.15) is 18.2 Å². The summed E-state index contributed by atoms with van der Waals surface area (Å²) in [5.74, 6) is 0.773. The number of carbonyl (C=O) groups is 1. The van der Waals surface area contributed by atoms with Crippen molar-refractivity contribution in [3.8, 4) is 0 Å². The average molecular weight is 325 g/mol. The van der Waals surface area contributed by atoms with E-state index in [4.69, 9.17) is 0 Å². The van der Waals surface area contributed by atoms with E-state index < -0.39 is 0 Å². The van der Waals surface area contributed by atoms with Crippen molar-refractivity contribution in [3.05, 3.63) is 60.4 Å². The second-order valence-electron chi connectivity index (χ2n) is 5.48. The smallest absolute Gasteiger partial charge is 0.220 e. The van der Waals surface area contributed by atoms with Crippen LogP contribution >= 0.6 is 0 Å². The average Bonchev–Trinajstić information content (AvgIpc) is 3.25. The number of benzene rings is 1. The lowest BCUT2D eigenvalue weighted by molar-refractivity contribution is -0.121. The van der Waals surface area contributed by atoms with Gasteiger partial charge < -0.3 is 9.88 Å². The summed E-state index contributed by atoms with van der Waals surface area (Å²) in [5, 5.41) is 14.0. The van der Waals surface area contributed by atoms with E-state index >= 15 is 0 Å². The van der Waals surface area contributed by atoms with Crippen LogP contribution in [0.3, 0.4) is 0 Å². The van der Waals surface area contributed by atoms with E-state index in [1.165, 1.54) is 0 Å². The fraction of sp³-hybridized carbons (Fsp3) is 0.312. The molecule has 24 heavy (non-hydrogen) atoms. The SMILES string of the molecule is Cn1ccnc1[C@H](NC(=O)CCCn1cnnn1)c1ccccc1. The molecule has 0 aliphatic rings. The number of carbonyl (C=O) groups excluding carboxylic acids is 1. The van der Waals surface area contributed by atoms with Gasteiger partial charge >= 0.3 is 0 Å². The molecule has 0 saturated carbocycles. The Labute approximate surface area is 139 Å². The Morgan fingerprint density at radius 3 is 2.79 bits per heavy atom. The lowest BCUT2D eigenvalue weighted by atomic mass is 10.1. The van der Waals surface area contributed by atoms with E-state index in [0.717, 1.165) is 11.4 Å². The zero-order chi connectivity index (χ0) is 16.8. The first-order chi connectivity index (χ1) is 11.7. The number of hydrogen-bond acceptors (Lipinski definition) is 5. The summed E-state index contributed by atoms with van der Waals surface area (Å²) in [4.78, 5) is 16.7. The summed E-state index contributed by atoms with van der Waals surface area (Å²) in [6.45, 7) is 0.610. The largest absolute Gasteiger partial charge is 0.342 e. The second-order valence-corrected chi connectivity index (χ2v) is 5.48. The molecular weight excluding hydrogens is 306 g/mol. The van der Waals surface area contributed by atoms with Crippen LogP contribution in [0.2, 0.25) is 0 Å². The first-order valence-corrected chi connectivity index (χ1v) is 7.76. The van der Waals surface area contributed by atoms with Crippen molar-refractivity contribution >= 4 is 5.91 Å². The molecule has 0 radical (unpaired) electrons. The molecule has 0 saturated heterocycles. The number of aromatic nitrogens is 6. The zero-order valence-corrected chi connectivity index (χ0v) is 13.4. The van der Waals surface area contributed by atoms with E-state index in [1.807, 2.05) is 48.1 Å². The third-order valence-corrected chi connectivity index (χ3v) is 3.74. The summed E-state index contributed by atoms with van der Waals surface area (Å²) in [6.07, 6.45) is 6.20. The number of imidazole rings is 1. The molecule has 3 aromatic rings. The first-order valence-electron chi connectivity index (χ1n) is 7.76. The minimum Gasteiger partial charge on any atom is -0.342 e. The molecule has 1 amide bonds. The maximum Gasteiger partial charge on any atom is 0.220 e. The highest BCUT2D eigenvalue weighted by Crippen LogP contribution is 2.20. The van der Waals surface area contributed by atoms with Crippen molar-refractivity contribution in [3.63, 3.8) is 0 Å². The van der Waals surface area contributed by atoms with Gasteiger partial charge in [-0.25, -0.2) is 9.67 Å². The van der Waals surface area contributed by atoms with Crippen LogP contribution < -0.4 is 5.32 Å². The first kappa shape index (κ1) is 15.9. The van der Waals surface area contributed by atoms with Crippen LogP contribution in [-0.2, 0) is 18.4 Å². The van der Waals surface area contributed by atoms with E-state index in [1.54, 1.807) is 17.2 Å². The molecule has 8 heteroatoms. The number of rotatable bonds is 7. The predicted molar refractivity (Wildman–Crippen MR) is 86.7 cm³/mol. The van der Waals surface area contributed by atoms with Crippen LogP contribution in [0.4, 0.5) is 0 Å². The van der Waals surface area contributed by atoms with Crippen LogP contribution in [-0.4, -0.2) is 35.7 Å². The molecular formula is C16H19N7O. The second kappa shape index (κ2) is 7.49. The lowest BCUT2D eigenvalue weighted by Gasteiger charge is -2.19. The maximum absolute atomic E-state index is 12.4. The monoisotopic (exact) mass is 325 g/mol. The Kier molecular flexibility index (Phi) is 4.95. The molecule has 0 aliphatic heterocycles. The molecule has 0 unspecified atom stereocenters. The molecule has 0 aliphatic carbocycles. The highest BCUT2D eigenvalue weighted by atomic mass is 16.1. The van der Waals surface area contributed by atoms with Gasteiger partial charge in [0.25, 0.3) is 0 Å². The van der Waals surface area contributed by atoms with Crippen molar-refractivity contribution in [2.75, 3.05) is 0 Å². The van der Waals surface area contributed by atoms with Crippen LogP contribution in [0, 0.1) is 0 Å². The molecule has 1 atom stereocenters. The fourth-order valence-corrected chi connectivity index (χ4v) is 2.52. The van der Waals surface area contributed by atoms with Crippen molar-refractivity contribution in [2.45, 2.75) is 25.4 Å². The van der Waals surface area contributed by atoms with Crippen molar-refractivity contribution < 1.29 is 4.79 Å². The van der Waals surface area contributed by atoms with Gasteiger partial charge in [0.2, 0.25) is 5.91 Å². The molecule has 0 spiro atoms. The Morgan fingerprint density at radius 2 is 2.12 bits per heavy atom. The van der Waals surface area contributed by atoms with Crippen LogP contribution in [0.15, 0.2) is 49.1 Å². The van der Waals surface area contributed by atoms with E-state index in [0.29, 0.717) is 19.4 Å². The third-order valence-electron chi connectivity index (χ3n) is 3.74. The van der Waals surface area contributed by atoms with Gasteiger partial charge in [0.15, 0.2) is 0 Å². The Bertz CT molecular complexity index is 767. The molecule has 124 valence electrons. The van der Waals surface area contributed by atoms with Gasteiger partial charge in [-0.2, -0.15) is 0 Å². The topological polar surface area (TPSA) is 90.5 Å². The van der Waals surface area contributed by atoms with E-state index in [-0.39, 0.29) is 11.9 Å². The van der Waals surface area contributed by atoms with E-state index in [2.05, 4.69) is 25.8 Å². The molecule has 1 N–H and O–H groups in total. The number of nitrogens with zero attached hydrogens (tertiary/aromatic N) is 6. The normalized spacial score (nSPS) is 12.0. The van der Waals surface area contributed by atoms with Crippen LogP contribution in [0.25, 0.3) is 0 Å². The van der Waals surface area contributed by atoms with Crippen molar-refractivity contribution in [1.82, 2.24) is 35.1 Å². The Balaban J connectivity index is 1.65. The summed E-state index contributed by atoms with van der Waals surface area (Å²) in [6, 6.07) is 9.56. The van der Waals surface area contributed by atoms with Gasteiger partial charge in [0, 0.05) is 32.4 Å². The fourth-order valence-electron chi connectivity index (χ4n) is 2.52. The number of amides is 1. The van der Waals surface area contributed by atoms with Gasteiger partial charge in [0.05, 0.1) is 0 Å². The number of aryl methyl sites for hydroxylation is 2. The van der Waals surface area contributed by atoms with Gasteiger partial charge in [-0.1, -0.05) is 30.3 Å². The van der Waals surface area contributed by atoms with Gasteiger partial charge in [-0.05, 0) is 22.4 Å². The predicted octanol–water partition coefficient (Wildman–Crippen LogP) is 1.09. The summed E-state index contributed by atoms with van der Waals surface area (Å²) in [5.41, 5.74) is 1.00. The Morgan fingerprint density at radius 1 is 1.29 bits per heavy atom. The zero-order valence-electron chi connectivity index (χ0n) is 13.4. The number of nitrogens with one attached hydrogen (secondary N) is 1. The number of hydrogen-bond donors (Lipinski definition) is 1. The Hall–Kier alpha value is -3.03. The third kappa shape index (κ3) is 3.83. The molecule has 3 rings (SSSR count). The summed E-state index contributed by atoms with van der Waals surface area (Å²) >= 11 is 0. The van der Waals surface area contributed by atoms with E-state index in [9.17, 15) is 4.79 Å². The highest BCUT2D eigenvalue weighted by Gasteiger charge is 2.20. The standard InChI is InChI=1S/C16H19N7O/c1-22-11-9-17-16(22)15(13-6-3-2-4-7-13)19-14(24)8-5-10-23-12-18-20-21-23/h2-4,6-7,9,11-12,15H,5,8,10H2,1H3,(H,19,24)/t15-/m1/s1. The van der Waals surface area contributed by atoms with Crippen molar-refractivity contribution in [1.29, 1.82) is 0 Å². The van der Waals surface area contributed by atoms with Crippen molar-refractivity contribution in [2.24, 2.45) is 7.05 Å². The maximum atomic E-state index is 12.4. The molecule has 0 fully saturated rings. The van der Waals surface area contributed by atoms with Gasteiger partial charge in [-0.15, -0.1) is 5.10 Å². The van der Waals surface area contributed by atoms with Gasteiger partial charge in [-0.3, -0.25) is 4.79 Å². The lowest BCUT2D eigenvalue weighted by Crippen LogP contribution is -2.31. The summed E-state index contributed by atoms with van der Waals surface area (Å²) in [7, 11) is 1.92. The minimum absolute atomic E-state index is 0.0278. The molecule has 8 nitrogen and oxygen atoms in total. The number of tetrazole rings is 1. The minimum atomic E-state index is -0.272. The molecule has 0 bridgehead atoms. The molecule has 2 aromatic heterocycles. The molecule has 1 aromatic carbocycles. The quantitative estimate of drug-likeness (QED) is 0.702. The molecule has 2 heterocycles.